The maximum absolute atomic E-state index is 13.7. The molecule has 0 unspecified atom stereocenters. The number of hydrazone groups is 1. The first-order chi connectivity index (χ1) is 10.0. The normalized spacial score (nSPS) is 11.3. The largest absolute Gasteiger partial charge is 0.437 e. The van der Waals surface area contributed by atoms with Crippen molar-refractivity contribution in [2.45, 2.75) is 39.9 Å². The molecule has 0 aliphatic heterocycles. The third kappa shape index (κ3) is 4.75. The molecule has 0 saturated heterocycles. The van der Waals surface area contributed by atoms with Crippen molar-refractivity contribution in [3.63, 3.8) is 0 Å². The Morgan fingerprint density at radius 2 is 1.86 bits per heavy atom. The second-order valence-corrected chi connectivity index (χ2v) is 5.12. The van der Waals surface area contributed by atoms with Gasteiger partial charge in [-0.2, -0.15) is 18.3 Å². The van der Waals surface area contributed by atoms with Crippen LogP contribution in [-0.4, -0.2) is 16.8 Å². The summed E-state index contributed by atoms with van der Waals surface area (Å²) < 4.78 is 56.8. The zero-order valence-electron chi connectivity index (χ0n) is 12.8. The first-order valence-electron chi connectivity index (χ1n) is 6.57. The maximum atomic E-state index is 13.7. The van der Waals surface area contributed by atoms with E-state index in [1.54, 1.807) is 27.7 Å². The van der Waals surface area contributed by atoms with Gasteiger partial charge in [0, 0.05) is 5.71 Å². The first-order valence-corrected chi connectivity index (χ1v) is 6.57. The summed E-state index contributed by atoms with van der Waals surface area (Å²) in [6.45, 7) is 10.7. The molecule has 22 heavy (non-hydrogen) atoms. The van der Waals surface area contributed by atoms with Gasteiger partial charge in [0.25, 0.3) is 0 Å². The van der Waals surface area contributed by atoms with E-state index in [9.17, 15) is 17.6 Å². The van der Waals surface area contributed by atoms with E-state index in [-0.39, 0.29) is 11.9 Å². The summed E-state index contributed by atoms with van der Waals surface area (Å²) in [6.07, 6.45) is -4.58. The summed E-state index contributed by atoms with van der Waals surface area (Å²) in [7, 11) is 0. The lowest BCUT2D eigenvalue weighted by molar-refractivity contribution is -0.137. The minimum atomic E-state index is -4.58. The molecule has 0 radical (unpaired) electrons. The van der Waals surface area contributed by atoms with Gasteiger partial charge in [0.2, 0.25) is 5.88 Å². The third-order valence-corrected chi connectivity index (χ3v) is 2.54. The summed E-state index contributed by atoms with van der Waals surface area (Å²) in [5.41, 5.74) is -0.300. The second-order valence-electron chi connectivity index (χ2n) is 5.12. The van der Waals surface area contributed by atoms with Crippen LogP contribution in [0.1, 0.15) is 33.3 Å². The average molecular weight is 318 g/mol. The number of halogens is 4. The van der Waals surface area contributed by atoms with E-state index >= 15 is 0 Å². The van der Waals surface area contributed by atoms with Gasteiger partial charge in [0.1, 0.15) is 0 Å². The third-order valence-electron chi connectivity index (χ3n) is 2.54. The van der Waals surface area contributed by atoms with E-state index < -0.39 is 23.3 Å². The monoisotopic (exact) mass is 318 g/mol. The molecule has 0 saturated carbocycles. The van der Waals surface area contributed by atoms with E-state index in [0.29, 0.717) is 23.9 Å². The molecule has 0 amide bonds. The Hall–Kier alpha value is -2.05. The number of hydrogen-bond donors (Lipinski definition) is 0. The molecule has 0 spiro atoms. The summed E-state index contributed by atoms with van der Waals surface area (Å²) in [4.78, 5) is 0. The molecular weight excluding hydrogens is 300 g/mol. The molecule has 0 N–H and O–H groups in total. The van der Waals surface area contributed by atoms with Crippen LogP contribution in [0, 0.1) is 5.82 Å². The van der Waals surface area contributed by atoms with E-state index in [0.717, 1.165) is 0 Å². The highest BCUT2D eigenvalue weighted by Crippen LogP contribution is 2.33. The maximum Gasteiger partial charge on any atom is 0.416 e. The van der Waals surface area contributed by atoms with Crippen LogP contribution in [0.5, 0.6) is 5.75 Å². The fourth-order valence-electron chi connectivity index (χ4n) is 1.61. The van der Waals surface area contributed by atoms with Gasteiger partial charge < -0.3 is 4.74 Å². The fraction of sp³-hybridized carbons (Fsp3) is 0.400. The lowest BCUT2D eigenvalue weighted by atomic mass is 10.2. The summed E-state index contributed by atoms with van der Waals surface area (Å²) >= 11 is 0. The van der Waals surface area contributed by atoms with E-state index in [4.69, 9.17) is 4.74 Å². The minimum absolute atomic E-state index is 0.0607. The number of alkyl halides is 3. The Morgan fingerprint density at radius 1 is 1.27 bits per heavy atom. The van der Waals surface area contributed by atoms with Gasteiger partial charge in [0.05, 0.1) is 11.6 Å². The summed E-state index contributed by atoms with van der Waals surface area (Å²) in [5, 5.41) is 5.52. The lowest BCUT2D eigenvalue weighted by Crippen LogP contribution is -2.28. The van der Waals surface area contributed by atoms with E-state index in [1.165, 1.54) is 5.01 Å². The van der Waals surface area contributed by atoms with Crippen molar-refractivity contribution < 1.29 is 22.3 Å². The highest BCUT2D eigenvalue weighted by Gasteiger charge is 2.31. The Kier molecular flexibility index (Phi) is 5.57. The Morgan fingerprint density at radius 3 is 2.32 bits per heavy atom. The van der Waals surface area contributed by atoms with Gasteiger partial charge in [-0.05, 0) is 52.5 Å². The number of benzene rings is 1. The average Bonchev–Trinajstić information content (AvgIpc) is 2.36. The van der Waals surface area contributed by atoms with Crippen LogP contribution in [0.4, 0.5) is 17.6 Å². The molecule has 0 aliphatic rings. The number of ether oxygens (including phenoxy) is 1. The van der Waals surface area contributed by atoms with Crippen molar-refractivity contribution in [2.75, 3.05) is 0 Å². The first kappa shape index (κ1) is 18.0. The number of hydrogen-bond acceptors (Lipinski definition) is 3. The summed E-state index contributed by atoms with van der Waals surface area (Å²) in [6, 6.07) is 1.80. The highest BCUT2D eigenvalue weighted by atomic mass is 19.4. The summed E-state index contributed by atoms with van der Waals surface area (Å²) in [5.74, 6) is -1.51. The molecule has 0 aromatic heterocycles. The zero-order chi connectivity index (χ0) is 17.1. The molecule has 0 aliphatic carbocycles. The van der Waals surface area contributed by atoms with Crippen LogP contribution in [-0.2, 0) is 6.18 Å². The Balaban J connectivity index is 3.07. The number of rotatable bonds is 5. The van der Waals surface area contributed by atoms with Gasteiger partial charge in [-0.1, -0.05) is 0 Å². The standard InChI is InChI=1S/C15H18F4N2O/c1-9(2)20-21(10(3)4)11(5)22-14-8-12(15(17,18)19)6-7-13(14)16/h6-8,10H,5H2,1-4H3. The van der Waals surface area contributed by atoms with Crippen LogP contribution in [0.25, 0.3) is 0 Å². The SMILES string of the molecule is C=C(Oc1cc(C(F)(F)F)ccc1F)N(N=C(C)C)C(C)C. The van der Waals surface area contributed by atoms with Crippen molar-refractivity contribution >= 4 is 5.71 Å². The predicted molar refractivity (Wildman–Crippen MR) is 76.9 cm³/mol. The minimum Gasteiger partial charge on any atom is -0.437 e. The number of nitrogens with zero attached hydrogens (tertiary/aromatic N) is 2. The Bertz CT molecular complexity index is 575. The smallest absolute Gasteiger partial charge is 0.416 e. The topological polar surface area (TPSA) is 24.8 Å². The van der Waals surface area contributed by atoms with Crippen molar-refractivity contribution in [3.8, 4) is 5.75 Å². The quantitative estimate of drug-likeness (QED) is 0.337. The molecule has 0 heterocycles. The molecular formula is C15H18F4N2O. The van der Waals surface area contributed by atoms with Crippen molar-refractivity contribution in [2.24, 2.45) is 5.10 Å². The van der Waals surface area contributed by atoms with Crippen LogP contribution in [0.15, 0.2) is 35.8 Å². The van der Waals surface area contributed by atoms with E-state index in [2.05, 4.69) is 11.7 Å². The molecule has 122 valence electrons. The molecule has 0 atom stereocenters. The molecule has 1 rings (SSSR count). The molecule has 1 aromatic rings. The van der Waals surface area contributed by atoms with Crippen LogP contribution in [0.2, 0.25) is 0 Å². The lowest BCUT2D eigenvalue weighted by Gasteiger charge is -2.25. The van der Waals surface area contributed by atoms with Gasteiger partial charge in [-0.25, -0.2) is 9.40 Å². The van der Waals surface area contributed by atoms with Crippen molar-refractivity contribution in [1.82, 2.24) is 5.01 Å². The molecule has 0 fully saturated rings. The Labute approximate surface area is 126 Å². The predicted octanol–water partition coefficient (Wildman–Crippen LogP) is 4.80. The van der Waals surface area contributed by atoms with Gasteiger partial charge in [0.15, 0.2) is 11.6 Å². The van der Waals surface area contributed by atoms with E-state index in [1.807, 2.05) is 0 Å². The van der Waals surface area contributed by atoms with Crippen molar-refractivity contribution in [3.05, 3.63) is 42.0 Å². The fourth-order valence-corrected chi connectivity index (χ4v) is 1.61. The molecule has 1 aromatic carbocycles. The highest BCUT2D eigenvalue weighted by molar-refractivity contribution is 5.78. The molecule has 7 heteroatoms. The van der Waals surface area contributed by atoms with Crippen molar-refractivity contribution in [1.29, 1.82) is 0 Å². The van der Waals surface area contributed by atoms with Gasteiger partial charge in [-0.15, -0.1) is 0 Å². The second kappa shape index (κ2) is 6.81. The zero-order valence-corrected chi connectivity index (χ0v) is 12.8. The molecule has 3 nitrogen and oxygen atoms in total. The van der Waals surface area contributed by atoms with Crippen LogP contribution < -0.4 is 4.74 Å². The molecule has 0 bridgehead atoms. The van der Waals surface area contributed by atoms with Crippen LogP contribution in [0.3, 0.4) is 0 Å². The van der Waals surface area contributed by atoms with Gasteiger partial charge in [-0.3, -0.25) is 0 Å². The van der Waals surface area contributed by atoms with Gasteiger partial charge >= 0.3 is 6.18 Å². The van der Waals surface area contributed by atoms with Crippen LogP contribution >= 0.6 is 0 Å².